The lowest BCUT2D eigenvalue weighted by Gasteiger charge is -2.36. The molecule has 2 saturated heterocycles. The maximum absolute atomic E-state index is 12.5. The summed E-state index contributed by atoms with van der Waals surface area (Å²) >= 11 is 6.51. The number of nitrogens with zero attached hydrogens (tertiary/aromatic N) is 4. The molecular weight excluding hydrogens is 480 g/mol. The Labute approximate surface area is 214 Å². The summed E-state index contributed by atoms with van der Waals surface area (Å²) in [5.74, 6) is -0.151. The summed E-state index contributed by atoms with van der Waals surface area (Å²) in [7, 11) is 0. The first-order chi connectivity index (χ1) is 17.4. The fraction of sp³-hybridized carbons (Fsp3) is 0.462. The van der Waals surface area contributed by atoms with Crippen LogP contribution in [0.4, 0.5) is 5.69 Å². The van der Waals surface area contributed by atoms with E-state index in [9.17, 15) is 9.59 Å². The molecule has 2 aliphatic heterocycles. The van der Waals surface area contributed by atoms with Crippen molar-refractivity contribution in [2.45, 2.75) is 39.3 Å². The maximum atomic E-state index is 12.5. The molecule has 36 heavy (non-hydrogen) atoms. The predicted octanol–water partition coefficient (Wildman–Crippen LogP) is 2.68. The molecule has 0 spiro atoms. The van der Waals surface area contributed by atoms with E-state index in [-0.39, 0.29) is 17.5 Å². The summed E-state index contributed by atoms with van der Waals surface area (Å²) in [4.78, 5) is 41.4. The number of aromatic amines is 1. The van der Waals surface area contributed by atoms with Gasteiger partial charge in [0.1, 0.15) is 16.9 Å². The van der Waals surface area contributed by atoms with Gasteiger partial charge in [-0.2, -0.15) is 0 Å². The molecule has 2 fully saturated rings. The van der Waals surface area contributed by atoms with Crippen LogP contribution in [0.25, 0.3) is 11.0 Å². The average molecular weight is 511 g/mol. The van der Waals surface area contributed by atoms with Gasteiger partial charge in [-0.3, -0.25) is 14.5 Å². The van der Waals surface area contributed by atoms with Crippen molar-refractivity contribution in [1.82, 2.24) is 25.2 Å². The van der Waals surface area contributed by atoms with Crippen LogP contribution in [0.2, 0.25) is 5.02 Å². The van der Waals surface area contributed by atoms with Crippen LogP contribution in [-0.2, 0) is 17.7 Å². The molecule has 2 aromatic heterocycles. The molecule has 9 nitrogen and oxygen atoms in total. The molecule has 2 aliphatic rings. The molecule has 190 valence electrons. The van der Waals surface area contributed by atoms with Crippen LogP contribution in [0.1, 0.15) is 40.8 Å². The van der Waals surface area contributed by atoms with Crippen LogP contribution < -0.4 is 15.8 Å². The Kier molecular flexibility index (Phi) is 7.22. The molecular formula is C26H31ClN6O3. The zero-order chi connectivity index (χ0) is 25.2. The molecule has 10 heteroatoms. The van der Waals surface area contributed by atoms with E-state index in [2.05, 4.69) is 30.1 Å². The number of aryl methyl sites for hydroxylation is 2. The number of hydrogen-bond donors (Lipinski definition) is 2. The number of aromatic nitrogens is 3. The molecule has 4 heterocycles. The van der Waals surface area contributed by atoms with Crippen molar-refractivity contribution in [1.29, 1.82) is 0 Å². The molecule has 0 unspecified atom stereocenters. The third-order valence-electron chi connectivity index (χ3n) is 6.89. The van der Waals surface area contributed by atoms with E-state index < -0.39 is 0 Å². The predicted molar refractivity (Wildman–Crippen MR) is 140 cm³/mol. The van der Waals surface area contributed by atoms with Gasteiger partial charge in [0.2, 0.25) is 0 Å². The third kappa shape index (κ3) is 5.23. The fourth-order valence-corrected chi connectivity index (χ4v) is 5.19. The van der Waals surface area contributed by atoms with Gasteiger partial charge in [-0.15, -0.1) is 0 Å². The van der Waals surface area contributed by atoms with Crippen LogP contribution >= 0.6 is 11.6 Å². The minimum atomic E-state index is -0.160. The largest absolute Gasteiger partial charge is 0.379 e. The van der Waals surface area contributed by atoms with Crippen LogP contribution in [0.3, 0.4) is 0 Å². The van der Waals surface area contributed by atoms with Gasteiger partial charge in [-0.1, -0.05) is 18.5 Å². The van der Waals surface area contributed by atoms with E-state index in [0.717, 1.165) is 56.1 Å². The van der Waals surface area contributed by atoms with Gasteiger partial charge < -0.3 is 19.9 Å². The standard InChI is InChI=1S/C26H31ClN6O3/c1-3-20-25(34)31-22-13-17(12-19(27)24(22)30-20)14-32-7-9-33(10-8-32)23-5-4-21(28-16(23)2)26(35)29-18-6-11-36-15-18/h4-5,12-13,18H,3,6-11,14-15H2,1-2H3,(H,29,35)(H,31,34)/t18-/m1/s1. The van der Waals surface area contributed by atoms with Crippen molar-refractivity contribution in [3.63, 3.8) is 0 Å². The Morgan fingerprint density at radius 1 is 1.22 bits per heavy atom. The number of rotatable bonds is 6. The molecule has 1 aromatic carbocycles. The van der Waals surface area contributed by atoms with E-state index in [0.29, 0.717) is 47.1 Å². The number of halogens is 1. The van der Waals surface area contributed by atoms with Crippen molar-refractivity contribution in [3.05, 3.63) is 62.3 Å². The molecule has 5 rings (SSSR count). The van der Waals surface area contributed by atoms with Crippen molar-refractivity contribution >= 4 is 34.2 Å². The Balaban J connectivity index is 1.21. The first-order valence-corrected chi connectivity index (χ1v) is 12.8. The Morgan fingerprint density at radius 2 is 2.03 bits per heavy atom. The number of nitrogens with one attached hydrogen (secondary N) is 2. The number of carbonyl (C=O) groups is 1. The summed E-state index contributed by atoms with van der Waals surface area (Å²) in [6, 6.07) is 7.77. The third-order valence-corrected chi connectivity index (χ3v) is 7.18. The SMILES string of the molecule is CCc1nc2c(Cl)cc(CN3CCN(c4ccc(C(=O)N[C@@H]5CCOC5)nc4C)CC3)cc2[nH]c1=O. The summed E-state index contributed by atoms with van der Waals surface area (Å²) in [5.41, 5.74) is 5.03. The van der Waals surface area contributed by atoms with Crippen molar-refractivity contribution in [2.24, 2.45) is 0 Å². The molecule has 0 aliphatic carbocycles. The lowest BCUT2D eigenvalue weighted by Crippen LogP contribution is -2.46. The number of carbonyl (C=O) groups excluding carboxylic acids is 1. The summed E-state index contributed by atoms with van der Waals surface area (Å²) in [6.45, 7) is 9.31. The van der Waals surface area contributed by atoms with Crippen LogP contribution in [0.5, 0.6) is 0 Å². The average Bonchev–Trinajstić information content (AvgIpc) is 3.37. The monoisotopic (exact) mass is 510 g/mol. The fourth-order valence-electron chi connectivity index (χ4n) is 4.90. The smallest absolute Gasteiger partial charge is 0.270 e. The quantitative estimate of drug-likeness (QED) is 0.525. The van der Waals surface area contributed by atoms with Crippen LogP contribution in [0.15, 0.2) is 29.1 Å². The summed E-state index contributed by atoms with van der Waals surface area (Å²) in [5, 5.41) is 3.55. The highest BCUT2D eigenvalue weighted by Crippen LogP contribution is 2.25. The highest BCUT2D eigenvalue weighted by Gasteiger charge is 2.22. The van der Waals surface area contributed by atoms with E-state index in [1.165, 1.54) is 0 Å². The van der Waals surface area contributed by atoms with Gasteiger partial charge in [0.25, 0.3) is 11.5 Å². The number of H-pyrrole nitrogens is 1. The number of hydrogen-bond acceptors (Lipinski definition) is 7. The highest BCUT2D eigenvalue weighted by atomic mass is 35.5. The Bertz CT molecular complexity index is 1330. The molecule has 0 radical (unpaired) electrons. The highest BCUT2D eigenvalue weighted by molar-refractivity contribution is 6.35. The van der Waals surface area contributed by atoms with E-state index in [4.69, 9.17) is 16.3 Å². The molecule has 0 bridgehead atoms. The second kappa shape index (κ2) is 10.5. The number of ether oxygens (including phenoxy) is 1. The van der Waals surface area contributed by atoms with Crippen molar-refractivity contribution in [2.75, 3.05) is 44.3 Å². The van der Waals surface area contributed by atoms with Gasteiger partial charge in [0, 0.05) is 39.3 Å². The first kappa shape index (κ1) is 24.7. The number of piperazine rings is 1. The van der Waals surface area contributed by atoms with Gasteiger partial charge in [-0.25, -0.2) is 9.97 Å². The van der Waals surface area contributed by atoms with Gasteiger partial charge in [-0.05, 0) is 49.6 Å². The van der Waals surface area contributed by atoms with Gasteiger partial charge in [0.05, 0.1) is 34.6 Å². The van der Waals surface area contributed by atoms with E-state index >= 15 is 0 Å². The number of fused-ring (bicyclic) bond motifs is 1. The van der Waals surface area contributed by atoms with Gasteiger partial charge in [0.15, 0.2) is 0 Å². The molecule has 0 saturated carbocycles. The minimum absolute atomic E-state index is 0.0650. The van der Waals surface area contributed by atoms with Gasteiger partial charge >= 0.3 is 0 Å². The Hall–Kier alpha value is -3.01. The number of amides is 1. The second-order valence-corrected chi connectivity index (χ2v) is 9.85. The molecule has 2 N–H and O–H groups in total. The number of anilines is 1. The summed E-state index contributed by atoms with van der Waals surface area (Å²) in [6.07, 6.45) is 1.40. The zero-order valence-electron chi connectivity index (χ0n) is 20.6. The van der Waals surface area contributed by atoms with Crippen LogP contribution in [0, 0.1) is 6.92 Å². The number of pyridine rings is 1. The first-order valence-electron chi connectivity index (χ1n) is 12.5. The van der Waals surface area contributed by atoms with Crippen molar-refractivity contribution in [3.8, 4) is 0 Å². The number of benzene rings is 1. The zero-order valence-corrected chi connectivity index (χ0v) is 21.4. The normalized spacial score (nSPS) is 18.6. The lowest BCUT2D eigenvalue weighted by atomic mass is 10.1. The van der Waals surface area contributed by atoms with E-state index in [1.807, 2.05) is 32.0 Å². The van der Waals surface area contributed by atoms with Crippen LogP contribution in [-0.4, -0.2) is 71.2 Å². The molecule has 3 aromatic rings. The molecule has 1 atom stereocenters. The minimum Gasteiger partial charge on any atom is -0.379 e. The lowest BCUT2D eigenvalue weighted by molar-refractivity contribution is 0.0924. The summed E-state index contributed by atoms with van der Waals surface area (Å²) < 4.78 is 5.33. The molecule has 1 amide bonds. The van der Waals surface area contributed by atoms with Crippen molar-refractivity contribution < 1.29 is 9.53 Å². The second-order valence-electron chi connectivity index (χ2n) is 9.44. The Morgan fingerprint density at radius 3 is 2.72 bits per heavy atom. The topological polar surface area (TPSA) is 103 Å². The maximum Gasteiger partial charge on any atom is 0.270 e. The van der Waals surface area contributed by atoms with E-state index in [1.54, 1.807) is 6.07 Å².